The van der Waals surface area contributed by atoms with Gasteiger partial charge in [0.25, 0.3) is 5.91 Å². The zero-order valence-corrected chi connectivity index (χ0v) is 23.4. The van der Waals surface area contributed by atoms with Gasteiger partial charge in [0.1, 0.15) is 22.8 Å². The number of nitrogens with two attached hydrogens (primary N) is 1. The molecule has 0 saturated heterocycles. The molecule has 0 unspecified atom stereocenters. The number of carbonyl (C=O) groups excluding carboxylic acids is 1. The Bertz CT molecular complexity index is 1660. The number of amides is 1. The fourth-order valence-electron chi connectivity index (χ4n) is 4.51. The molecule has 2 heterocycles. The molecule has 4 aromatic rings. The number of anilines is 1. The van der Waals surface area contributed by atoms with Gasteiger partial charge in [-0.1, -0.05) is 25.5 Å². The van der Waals surface area contributed by atoms with E-state index in [1.165, 1.54) is 18.2 Å². The van der Waals surface area contributed by atoms with Gasteiger partial charge in [-0.15, -0.1) is 6.42 Å². The number of phenolic OH excluding ortho intramolecular Hbond substituents is 1. The number of nitrogens with one attached hydrogen (secondary N) is 1. The number of phosphoric ester groups is 1. The lowest BCUT2D eigenvalue weighted by atomic mass is 10.1. The van der Waals surface area contributed by atoms with Crippen molar-refractivity contribution in [3.8, 4) is 23.8 Å². The molecule has 0 radical (unpaired) electrons. The predicted molar refractivity (Wildman–Crippen MR) is 154 cm³/mol. The number of hydrogen-bond donors (Lipinski definition) is 5. The predicted octanol–water partition coefficient (Wildman–Crippen LogP) is 3.04. The van der Waals surface area contributed by atoms with E-state index in [4.69, 9.17) is 26.4 Å². The van der Waals surface area contributed by atoms with E-state index in [1.54, 1.807) is 0 Å². The minimum Gasteiger partial charge on any atom is -0.508 e. The third kappa shape index (κ3) is 7.54. The summed E-state index contributed by atoms with van der Waals surface area (Å²) in [5.74, 6) is 2.35. The second kappa shape index (κ2) is 13.0. The van der Waals surface area contributed by atoms with E-state index in [2.05, 4.69) is 17.2 Å². The molecular formula is C28H32N5O7P. The zero-order chi connectivity index (χ0) is 29.6. The minimum atomic E-state index is -4.84. The van der Waals surface area contributed by atoms with Crippen molar-refractivity contribution in [2.45, 2.75) is 39.2 Å². The van der Waals surface area contributed by atoms with Crippen LogP contribution in [-0.2, 0) is 33.5 Å². The summed E-state index contributed by atoms with van der Waals surface area (Å²) in [5.41, 5.74) is 9.60. The smallest absolute Gasteiger partial charge is 0.508 e. The maximum Gasteiger partial charge on any atom is 0.524 e. The molecule has 12 nitrogen and oxygen atoms in total. The summed E-state index contributed by atoms with van der Waals surface area (Å²) in [4.78, 5) is 39.3. The van der Waals surface area contributed by atoms with Gasteiger partial charge in [-0.2, -0.15) is 0 Å². The molecule has 0 saturated carbocycles. The number of pyridine rings is 1. The van der Waals surface area contributed by atoms with Gasteiger partial charge in [0.05, 0.1) is 30.8 Å². The maximum absolute atomic E-state index is 11.6. The number of benzene rings is 2. The summed E-state index contributed by atoms with van der Waals surface area (Å²) in [6.45, 7) is 3.26. The molecule has 1 amide bonds. The average Bonchev–Trinajstić information content (AvgIpc) is 3.28. The number of ether oxygens (including phenoxy) is 1. The van der Waals surface area contributed by atoms with Crippen LogP contribution in [0.4, 0.5) is 5.82 Å². The van der Waals surface area contributed by atoms with Crippen LogP contribution in [0.15, 0.2) is 36.4 Å². The summed E-state index contributed by atoms with van der Waals surface area (Å²) in [6, 6.07) is 9.85. The van der Waals surface area contributed by atoms with E-state index >= 15 is 0 Å². The molecule has 0 bridgehead atoms. The van der Waals surface area contributed by atoms with E-state index in [9.17, 15) is 24.3 Å². The first-order chi connectivity index (χ1) is 19.6. The Labute approximate surface area is 236 Å². The molecule has 216 valence electrons. The van der Waals surface area contributed by atoms with Gasteiger partial charge in [0.2, 0.25) is 0 Å². The molecule has 0 aliphatic carbocycles. The van der Waals surface area contributed by atoms with Crippen LogP contribution in [0.25, 0.3) is 21.9 Å². The van der Waals surface area contributed by atoms with E-state index in [-0.39, 0.29) is 23.9 Å². The number of carbonyl (C=O) groups is 1. The van der Waals surface area contributed by atoms with Crippen LogP contribution in [0.1, 0.15) is 36.7 Å². The number of phenols is 1. The fourth-order valence-corrected chi connectivity index (χ4v) is 4.95. The minimum absolute atomic E-state index is 0.0492. The van der Waals surface area contributed by atoms with Gasteiger partial charge in [0, 0.05) is 23.9 Å². The Morgan fingerprint density at radius 3 is 2.71 bits per heavy atom. The van der Waals surface area contributed by atoms with Crippen molar-refractivity contribution in [3.63, 3.8) is 0 Å². The SMILES string of the molecule is C#CC(=O)NCCOCCc1ccc2c(c1)nc(N)c1nc(CCCC)n(Cc3cc(O)ccc3OP(=O)(O)O)c12. The third-order valence-electron chi connectivity index (χ3n) is 6.39. The first-order valence-electron chi connectivity index (χ1n) is 13.1. The molecular weight excluding hydrogens is 549 g/mol. The highest BCUT2D eigenvalue weighted by Gasteiger charge is 2.22. The first-order valence-corrected chi connectivity index (χ1v) is 14.6. The van der Waals surface area contributed by atoms with Crippen molar-refractivity contribution in [1.82, 2.24) is 19.9 Å². The van der Waals surface area contributed by atoms with Crippen molar-refractivity contribution in [3.05, 3.63) is 53.3 Å². The van der Waals surface area contributed by atoms with E-state index in [0.717, 1.165) is 35.1 Å². The number of phosphoric acid groups is 1. The largest absolute Gasteiger partial charge is 0.524 e. The number of terminal acetylenes is 1. The van der Waals surface area contributed by atoms with Crippen LogP contribution in [0.3, 0.4) is 0 Å². The van der Waals surface area contributed by atoms with Crippen molar-refractivity contribution in [2.24, 2.45) is 0 Å². The number of unbranched alkanes of at least 4 members (excludes halogenated alkanes) is 1. The second-order valence-corrected chi connectivity index (χ2v) is 10.6. The molecule has 13 heteroatoms. The molecule has 6 N–H and O–H groups in total. The molecule has 0 spiro atoms. The normalized spacial score (nSPS) is 11.6. The number of hydrogen-bond acceptors (Lipinski definition) is 8. The number of fused-ring (bicyclic) bond motifs is 3. The van der Waals surface area contributed by atoms with Crippen molar-refractivity contribution >= 4 is 41.5 Å². The van der Waals surface area contributed by atoms with Gasteiger partial charge < -0.3 is 30.0 Å². The number of rotatable bonds is 13. The highest BCUT2D eigenvalue weighted by atomic mass is 31.2. The monoisotopic (exact) mass is 581 g/mol. The lowest BCUT2D eigenvalue weighted by Crippen LogP contribution is -2.25. The molecule has 2 aromatic carbocycles. The molecule has 0 atom stereocenters. The van der Waals surface area contributed by atoms with Crippen molar-refractivity contribution in [2.75, 3.05) is 25.5 Å². The number of aromatic hydroxyl groups is 1. The summed E-state index contributed by atoms with van der Waals surface area (Å²) in [5, 5.41) is 13.5. The zero-order valence-electron chi connectivity index (χ0n) is 22.5. The number of nitrogen functional groups attached to an aromatic ring is 1. The Morgan fingerprint density at radius 1 is 1.17 bits per heavy atom. The summed E-state index contributed by atoms with van der Waals surface area (Å²) in [6.07, 6.45) is 8.04. The molecule has 0 aliphatic heterocycles. The third-order valence-corrected chi connectivity index (χ3v) is 6.82. The van der Waals surface area contributed by atoms with Crippen LogP contribution in [-0.4, -0.2) is 55.1 Å². The van der Waals surface area contributed by atoms with Crippen LogP contribution in [0.2, 0.25) is 0 Å². The standard InChI is InChI=1S/C28H32N5O7P/c1-3-5-6-24-32-26-27(33(24)17-19-16-20(34)8-10-23(19)40-41(36,37)38)21-9-7-18(15-22(21)31-28(26)29)11-13-39-14-12-30-25(35)4-2/h2,7-10,15-16,34H,3,5-6,11-14,17H2,1H3,(H2,29,31)(H,30,35)(H2,36,37,38). The van der Waals surface area contributed by atoms with Gasteiger partial charge >= 0.3 is 7.82 Å². The Hall–Kier alpha value is -4.14. The van der Waals surface area contributed by atoms with Crippen molar-refractivity contribution in [1.29, 1.82) is 0 Å². The van der Waals surface area contributed by atoms with E-state index in [0.29, 0.717) is 49.2 Å². The molecule has 2 aromatic heterocycles. The quantitative estimate of drug-likeness (QED) is 0.0894. The van der Waals surface area contributed by atoms with Gasteiger partial charge in [-0.3, -0.25) is 14.6 Å². The summed E-state index contributed by atoms with van der Waals surface area (Å²) in [7, 11) is -4.84. The van der Waals surface area contributed by atoms with Gasteiger partial charge in [0.15, 0.2) is 5.82 Å². The Morgan fingerprint density at radius 2 is 1.98 bits per heavy atom. The summed E-state index contributed by atoms with van der Waals surface area (Å²) < 4.78 is 24.1. The number of aromatic nitrogens is 3. The van der Waals surface area contributed by atoms with E-state index in [1.807, 2.05) is 28.7 Å². The average molecular weight is 582 g/mol. The highest BCUT2D eigenvalue weighted by Crippen LogP contribution is 2.41. The molecule has 41 heavy (non-hydrogen) atoms. The molecule has 4 rings (SSSR count). The van der Waals surface area contributed by atoms with Crippen molar-refractivity contribution < 1.29 is 33.5 Å². The van der Waals surface area contributed by atoms with Crippen LogP contribution < -0.4 is 15.6 Å². The van der Waals surface area contributed by atoms with Crippen LogP contribution in [0.5, 0.6) is 11.5 Å². The van der Waals surface area contributed by atoms with Gasteiger partial charge in [-0.05, 0) is 48.6 Å². The van der Waals surface area contributed by atoms with E-state index < -0.39 is 13.7 Å². The fraction of sp³-hybridized carbons (Fsp3) is 0.321. The number of nitrogens with zero attached hydrogens (tertiary/aromatic N) is 3. The number of aryl methyl sites for hydroxylation is 1. The lowest BCUT2D eigenvalue weighted by Gasteiger charge is -2.16. The topological polar surface area (TPSA) is 182 Å². The number of imidazole rings is 1. The highest BCUT2D eigenvalue weighted by molar-refractivity contribution is 7.46. The maximum atomic E-state index is 11.6. The second-order valence-electron chi connectivity index (χ2n) is 9.40. The van der Waals surface area contributed by atoms with Gasteiger partial charge in [-0.25, -0.2) is 14.5 Å². The first kappa shape index (κ1) is 29.8. The molecule has 0 aliphatic rings. The lowest BCUT2D eigenvalue weighted by molar-refractivity contribution is -0.115. The summed E-state index contributed by atoms with van der Waals surface area (Å²) >= 11 is 0. The Balaban J connectivity index is 1.69. The molecule has 0 fully saturated rings. The van der Waals surface area contributed by atoms with Crippen LogP contribution in [0, 0.1) is 12.3 Å². The Kier molecular flexibility index (Phi) is 9.47. The van der Waals surface area contributed by atoms with Crippen LogP contribution >= 0.6 is 7.82 Å².